The first kappa shape index (κ1) is 21.5. The average molecular weight is 419 g/mol. The minimum Gasteiger partial charge on any atom is -0.337 e. The molecule has 1 aliphatic heterocycles. The van der Waals surface area contributed by atoms with E-state index in [2.05, 4.69) is 28.8 Å². The van der Waals surface area contributed by atoms with E-state index in [1.807, 2.05) is 24.3 Å². The number of aromatic amines is 1. The van der Waals surface area contributed by atoms with Crippen LogP contribution in [0.5, 0.6) is 0 Å². The first-order valence-corrected chi connectivity index (χ1v) is 11.8. The van der Waals surface area contributed by atoms with Crippen molar-refractivity contribution in [3.63, 3.8) is 0 Å². The summed E-state index contributed by atoms with van der Waals surface area (Å²) in [4.78, 5) is 14.6. The fourth-order valence-corrected chi connectivity index (χ4v) is 4.91. The van der Waals surface area contributed by atoms with Crippen LogP contribution in [0.25, 0.3) is 0 Å². The summed E-state index contributed by atoms with van der Waals surface area (Å²) in [5, 5.41) is 7.12. The first-order valence-electron chi connectivity index (χ1n) is 10.2. The lowest BCUT2D eigenvalue weighted by molar-refractivity contribution is 0.0670. The Morgan fingerprint density at radius 1 is 1.31 bits per heavy atom. The number of nitrogens with one attached hydrogen (secondary N) is 2. The van der Waals surface area contributed by atoms with Gasteiger partial charge in [0.25, 0.3) is 5.91 Å². The number of amides is 1. The van der Waals surface area contributed by atoms with Gasteiger partial charge in [0, 0.05) is 25.3 Å². The zero-order chi connectivity index (χ0) is 20.9. The molecular weight excluding hydrogens is 388 g/mol. The summed E-state index contributed by atoms with van der Waals surface area (Å²) in [5.74, 6) is 0.469. The molecule has 8 heteroatoms. The third-order valence-electron chi connectivity index (χ3n) is 5.08. The Hall–Kier alpha value is -2.19. The van der Waals surface area contributed by atoms with Crippen LogP contribution in [-0.2, 0) is 22.2 Å². The van der Waals surface area contributed by atoms with E-state index < -0.39 is 10.0 Å². The van der Waals surface area contributed by atoms with E-state index in [1.165, 1.54) is 0 Å². The third kappa shape index (κ3) is 6.40. The second-order valence-electron chi connectivity index (χ2n) is 8.23. The van der Waals surface area contributed by atoms with Crippen molar-refractivity contribution in [2.75, 3.05) is 19.6 Å². The summed E-state index contributed by atoms with van der Waals surface area (Å²) >= 11 is 0. The van der Waals surface area contributed by atoms with Gasteiger partial charge in [0.1, 0.15) is 5.69 Å². The van der Waals surface area contributed by atoms with Gasteiger partial charge in [-0.15, -0.1) is 0 Å². The summed E-state index contributed by atoms with van der Waals surface area (Å²) < 4.78 is 27.4. The third-order valence-corrected chi connectivity index (χ3v) is 6.40. The number of nitrogens with zero attached hydrogens (tertiary/aromatic N) is 2. The SMILES string of the molecule is CC(C)Cc1cc(C(=O)N2CCC[C@@H](CNS(=O)(=O)Cc3ccccc3)C2)n[nH]1. The second kappa shape index (κ2) is 9.54. The highest BCUT2D eigenvalue weighted by Gasteiger charge is 2.27. The monoisotopic (exact) mass is 418 g/mol. The van der Waals surface area contributed by atoms with Gasteiger partial charge in [-0.25, -0.2) is 13.1 Å². The van der Waals surface area contributed by atoms with Crippen molar-refractivity contribution < 1.29 is 13.2 Å². The van der Waals surface area contributed by atoms with E-state index >= 15 is 0 Å². The molecule has 0 saturated carbocycles. The molecule has 0 bridgehead atoms. The van der Waals surface area contributed by atoms with E-state index in [-0.39, 0.29) is 17.6 Å². The molecule has 0 spiro atoms. The topological polar surface area (TPSA) is 95.2 Å². The van der Waals surface area contributed by atoms with Gasteiger partial charge in [0.2, 0.25) is 10.0 Å². The molecule has 1 aliphatic rings. The Labute approximate surface area is 172 Å². The lowest BCUT2D eigenvalue weighted by atomic mass is 9.98. The van der Waals surface area contributed by atoms with Gasteiger partial charge in [-0.1, -0.05) is 44.2 Å². The number of sulfonamides is 1. The van der Waals surface area contributed by atoms with Crippen LogP contribution in [0, 0.1) is 11.8 Å². The van der Waals surface area contributed by atoms with E-state index in [4.69, 9.17) is 0 Å². The number of hydrogen-bond donors (Lipinski definition) is 2. The Balaban J connectivity index is 1.53. The molecule has 3 rings (SSSR count). The predicted octanol–water partition coefficient (Wildman–Crippen LogP) is 2.58. The summed E-state index contributed by atoms with van der Waals surface area (Å²) in [7, 11) is -3.40. The fraction of sp³-hybridized carbons (Fsp3) is 0.524. The molecule has 158 valence electrons. The van der Waals surface area contributed by atoms with Crippen molar-refractivity contribution in [1.82, 2.24) is 19.8 Å². The highest BCUT2D eigenvalue weighted by Crippen LogP contribution is 2.19. The lowest BCUT2D eigenvalue weighted by Crippen LogP contribution is -2.44. The molecule has 7 nitrogen and oxygen atoms in total. The quantitative estimate of drug-likeness (QED) is 0.689. The van der Waals surface area contributed by atoms with Gasteiger partial charge >= 0.3 is 0 Å². The lowest BCUT2D eigenvalue weighted by Gasteiger charge is -2.32. The van der Waals surface area contributed by atoms with E-state index in [0.29, 0.717) is 31.2 Å². The number of piperidine rings is 1. The zero-order valence-electron chi connectivity index (χ0n) is 17.1. The average Bonchev–Trinajstić information content (AvgIpc) is 3.14. The van der Waals surface area contributed by atoms with Gasteiger partial charge < -0.3 is 4.90 Å². The second-order valence-corrected chi connectivity index (χ2v) is 10.0. The molecule has 2 N–H and O–H groups in total. The number of likely N-dealkylation sites (tertiary alicyclic amines) is 1. The molecule has 0 aliphatic carbocycles. The molecule has 1 aromatic carbocycles. The molecule has 1 aromatic heterocycles. The van der Waals surface area contributed by atoms with Crippen molar-refractivity contribution in [2.24, 2.45) is 11.8 Å². The molecule has 2 heterocycles. The molecule has 2 aromatic rings. The van der Waals surface area contributed by atoms with Gasteiger partial charge in [-0.3, -0.25) is 9.89 Å². The first-order chi connectivity index (χ1) is 13.8. The number of rotatable bonds is 8. The normalized spacial score (nSPS) is 17.6. The largest absolute Gasteiger partial charge is 0.337 e. The van der Waals surface area contributed by atoms with Crippen LogP contribution >= 0.6 is 0 Å². The molecule has 0 unspecified atom stereocenters. The number of hydrogen-bond acceptors (Lipinski definition) is 4. The molecule has 1 fully saturated rings. The number of H-pyrrole nitrogens is 1. The highest BCUT2D eigenvalue weighted by atomic mass is 32.2. The Kier molecular flexibility index (Phi) is 7.08. The van der Waals surface area contributed by atoms with Gasteiger partial charge in [0.05, 0.1) is 5.75 Å². The maximum absolute atomic E-state index is 12.8. The maximum atomic E-state index is 12.8. The summed E-state index contributed by atoms with van der Waals surface area (Å²) in [5.41, 5.74) is 2.16. The summed E-state index contributed by atoms with van der Waals surface area (Å²) in [6, 6.07) is 11.0. The van der Waals surface area contributed by atoms with Crippen LogP contribution in [0.2, 0.25) is 0 Å². The van der Waals surface area contributed by atoms with E-state index in [1.54, 1.807) is 17.0 Å². The number of carbonyl (C=O) groups excluding carboxylic acids is 1. The molecule has 1 atom stereocenters. The van der Waals surface area contributed by atoms with Crippen LogP contribution in [0.4, 0.5) is 0 Å². The van der Waals surface area contributed by atoms with Gasteiger partial charge in [-0.2, -0.15) is 5.10 Å². The van der Waals surface area contributed by atoms with Crippen molar-refractivity contribution in [3.8, 4) is 0 Å². The van der Waals surface area contributed by atoms with Crippen LogP contribution in [0.15, 0.2) is 36.4 Å². The van der Waals surface area contributed by atoms with Crippen molar-refractivity contribution >= 4 is 15.9 Å². The maximum Gasteiger partial charge on any atom is 0.274 e. The van der Waals surface area contributed by atoms with Crippen LogP contribution in [0.1, 0.15) is 48.4 Å². The minimum absolute atomic E-state index is 0.0326. The standard InChI is InChI=1S/C21H30N4O3S/c1-16(2)11-19-12-20(24-23-19)21(26)25-10-6-9-18(14-25)13-22-29(27,28)15-17-7-4-3-5-8-17/h3-5,7-8,12,16,18,22H,6,9-11,13-15H2,1-2H3,(H,23,24)/t18-/m0/s1. The van der Waals surface area contributed by atoms with E-state index in [0.717, 1.165) is 30.5 Å². The van der Waals surface area contributed by atoms with Crippen molar-refractivity contribution in [3.05, 3.63) is 53.3 Å². The zero-order valence-corrected chi connectivity index (χ0v) is 17.9. The van der Waals surface area contributed by atoms with Crippen molar-refractivity contribution in [2.45, 2.75) is 38.9 Å². The van der Waals surface area contributed by atoms with Crippen LogP contribution < -0.4 is 4.72 Å². The number of carbonyl (C=O) groups is 1. The smallest absolute Gasteiger partial charge is 0.274 e. The van der Waals surface area contributed by atoms with Crippen LogP contribution in [0.3, 0.4) is 0 Å². The van der Waals surface area contributed by atoms with Gasteiger partial charge in [0.15, 0.2) is 0 Å². The molecule has 0 radical (unpaired) electrons. The fourth-order valence-electron chi connectivity index (χ4n) is 3.68. The Morgan fingerprint density at radius 3 is 2.79 bits per heavy atom. The summed E-state index contributed by atoms with van der Waals surface area (Å²) in [6.07, 6.45) is 2.61. The minimum atomic E-state index is -3.40. The van der Waals surface area contributed by atoms with E-state index in [9.17, 15) is 13.2 Å². The molecule has 1 saturated heterocycles. The summed E-state index contributed by atoms with van der Waals surface area (Å²) in [6.45, 7) is 5.81. The van der Waals surface area contributed by atoms with Crippen molar-refractivity contribution in [1.29, 1.82) is 0 Å². The van der Waals surface area contributed by atoms with Crippen LogP contribution in [-0.4, -0.2) is 49.1 Å². The molecular formula is C21H30N4O3S. The highest BCUT2D eigenvalue weighted by molar-refractivity contribution is 7.88. The molecule has 29 heavy (non-hydrogen) atoms. The van der Waals surface area contributed by atoms with Gasteiger partial charge in [-0.05, 0) is 42.7 Å². The Bertz CT molecular complexity index is 909. The molecule has 1 amide bonds. The Morgan fingerprint density at radius 2 is 2.07 bits per heavy atom. The number of benzene rings is 1. The number of aromatic nitrogens is 2. The predicted molar refractivity (Wildman–Crippen MR) is 113 cm³/mol.